The third-order valence-corrected chi connectivity index (χ3v) is 4.89. The molecular weight excluding hydrogens is 310 g/mol. The van der Waals surface area contributed by atoms with E-state index in [2.05, 4.69) is 9.62 Å². The molecular formula is C17H19N3O2S. The fraction of sp³-hybridized carbons (Fsp3) is 0.235. The quantitative estimate of drug-likeness (QED) is 0.792. The lowest BCUT2D eigenvalue weighted by Crippen LogP contribution is -2.28. The number of para-hydroxylation sites is 1. The van der Waals surface area contributed by atoms with Gasteiger partial charge in [-0.05, 0) is 36.8 Å². The summed E-state index contributed by atoms with van der Waals surface area (Å²) in [7, 11) is -1.60. The molecule has 1 N–H and O–H groups in total. The van der Waals surface area contributed by atoms with Crippen molar-refractivity contribution in [3.63, 3.8) is 0 Å². The first-order chi connectivity index (χ1) is 11.0. The molecule has 5 nitrogen and oxygen atoms in total. The highest BCUT2D eigenvalue weighted by Gasteiger charge is 2.13. The molecule has 0 fully saturated rings. The van der Waals surface area contributed by atoms with Crippen LogP contribution in [0.15, 0.2) is 59.5 Å². The lowest BCUT2D eigenvalue weighted by Gasteiger charge is -2.19. The molecule has 0 saturated heterocycles. The Morgan fingerprint density at radius 1 is 1.13 bits per heavy atom. The molecule has 2 aromatic rings. The molecule has 2 rings (SSSR count). The van der Waals surface area contributed by atoms with Crippen LogP contribution in [-0.2, 0) is 10.0 Å². The first-order valence-electron chi connectivity index (χ1n) is 7.29. The highest BCUT2D eigenvalue weighted by Crippen LogP contribution is 2.12. The van der Waals surface area contributed by atoms with Crippen molar-refractivity contribution >= 4 is 15.7 Å². The monoisotopic (exact) mass is 329 g/mol. The third-order valence-electron chi connectivity index (χ3n) is 3.43. The van der Waals surface area contributed by atoms with Gasteiger partial charge >= 0.3 is 0 Å². The maximum atomic E-state index is 12.2. The molecule has 0 radical (unpaired) electrons. The Morgan fingerprint density at radius 2 is 1.87 bits per heavy atom. The summed E-state index contributed by atoms with van der Waals surface area (Å²) in [6.07, 6.45) is 0.683. The minimum absolute atomic E-state index is 0.118. The number of benzene rings is 2. The molecule has 0 heterocycles. The summed E-state index contributed by atoms with van der Waals surface area (Å²) >= 11 is 0. The van der Waals surface area contributed by atoms with Crippen molar-refractivity contribution in [2.45, 2.75) is 11.3 Å². The molecule has 0 spiro atoms. The van der Waals surface area contributed by atoms with Gasteiger partial charge in [0.25, 0.3) is 0 Å². The Kier molecular flexibility index (Phi) is 5.74. The van der Waals surface area contributed by atoms with Gasteiger partial charge in [-0.15, -0.1) is 0 Å². The number of hydrogen-bond acceptors (Lipinski definition) is 4. The molecule has 0 aliphatic rings. The Morgan fingerprint density at radius 3 is 2.57 bits per heavy atom. The summed E-state index contributed by atoms with van der Waals surface area (Å²) in [5.74, 6) is 0. The van der Waals surface area contributed by atoms with E-state index in [0.717, 1.165) is 12.2 Å². The van der Waals surface area contributed by atoms with Gasteiger partial charge in [-0.3, -0.25) is 0 Å². The number of nitriles is 1. The fourth-order valence-electron chi connectivity index (χ4n) is 2.15. The van der Waals surface area contributed by atoms with Gasteiger partial charge in [0.05, 0.1) is 16.5 Å². The smallest absolute Gasteiger partial charge is 0.240 e. The molecule has 0 atom stereocenters. The molecule has 0 bridgehead atoms. The predicted molar refractivity (Wildman–Crippen MR) is 90.7 cm³/mol. The Bertz CT molecular complexity index is 783. The lowest BCUT2D eigenvalue weighted by molar-refractivity contribution is 0.579. The summed E-state index contributed by atoms with van der Waals surface area (Å²) in [4.78, 5) is 2.19. The summed E-state index contributed by atoms with van der Waals surface area (Å²) in [6.45, 7) is 1.08. The van der Waals surface area contributed by atoms with Gasteiger partial charge in [-0.25, -0.2) is 13.1 Å². The van der Waals surface area contributed by atoms with Crippen molar-refractivity contribution in [2.24, 2.45) is 0 Å². The van der Waals surface area contributed by atoms with Gasteiger partial charge in [0.1, 0.15) is 0 Å². The molecule has 120 valence electrons. The zero-order valence-electron chi connectivity index (χ0n) is 12.9. The number of nitrogens with one attached hydrogen (secondary N) is 1. The van der Waals surface area contributed by atoms with Gasteiger partial charge < -0.3 is 4.90 Å². The normalized spacial score (nSPS) is 11.0. The average Bonchev–Trinajstić information content (AvgIpc) is 2.59. The van der Waals surface area contributed by atoms with Gasteiger partial charge in [0.2, 0.25) is 10.0 Å². The van der Waals surface area contributed by atoms with E-state index in [1.807, 2.05) is 43.4 Å². The zero-order chi connectivity index (χ0) is 16.7. The Labute approximate surface area is 137 Å². The van der Waals surface area contributed by atoms with Crippen LogP contribution in [0.4, 0.5) is 5.69 Å². The van der Waals surface area contributed by atoms with Crippen LogP contribution < -0.4 is 9.62 Å². The van der Waals surface area contributed by atoms with Crippen LogP contribution in [0.3, 0.4) is 0 Å². The van der Waals surface area contributed by atoms with Gasteiger partial charge in [0.15, 0.2) is 0 Å². The summed E-state index contributed by atoms with van der Waals surface area (Å²) in [5.41, 5.74) is 1.42. The highest BCUT2D eigenvalue weighted by molar-refractivity contribution is 7.89. The average molecular weight is 329 g/mol. The topological polar surface area (TPSA) is 73.2 Å². The van der Waals surface area contributed by atoms with E-state index < -0.39 is 10.0 Å². The summed E-state index contributed by atoms with van der Waals surface area (Å²) < 4.78 is 26.9. The number of sulfonamides is 1. The maximum Gasteiger partial charge on any atom is 0.240 e. The van der Waals surface area contributed by atoms with Crippen LogP contribution in [0.2, 0.25) is 0 Å². The number of rotatable bonds is 7. The van der Waals surface area contributed by atoms with Crippen LogP contribution in [0.25, 0.3) is 0 Å². The zero-order valence-corrected chi connectivity index (χ0v) is 13.8. The van der Waals surface area contributed by atoms with Gasteiger partial charge in [-0.1, -0.05) is 24.3 Å². The molecule has 0 aliphatic carbocycles. The lowest BCUT2D eigenvalue weighted by atomic mass is 10.2. The standard InChI is InChI=1S/C17H19N3O2S/c1-20(16-8-3-2-4-9-16)12-6-11-19-23(21,22)17-10-5-7-15(13-17)14-18/h2-5,7-10,13,19H,6,11-12H2,1H3. The molecule has 0 aliphatic heterocycles. The van der Waals surface area contributed by atoms with Crippen LogP contribution in [0.5, 0.6) is 0 Å². The second-order valence-electron chi connectivity index (χ2n) is 5.15. The molecule has 6 heteroatoms. The van der Waals surface area contributed by atoms with Crippen LogP contribution >= 0.6 is 0 Å². The second-order valence-corrected chi connectivity index (χ2v) is 6.92. The number of nitrogens with zero attached hydrogens (tertiary/aromatic N) is 2. The fourth-order valence-corrected chi connectivity index (χ4v) is 3.27. The largest absolute Gasteiger partial charge is 0.375 e. The molecule has 0 unspecified atom stereocenters. The third kappa shape index (κ3) is 4.81. The van der Waals surface area contributed by atoms with Crippen molar-refractivity contribution in [2.75, 3.05) is 25.0 Å². The van der Waals surface area contributed by atoms with E-state index >= 15 is 0 Å². The van der Waals surface area contributed by atoms with E-state index in [-0.39, 0.29) is 4.90 Å². The number of anilines is 1. The van der Waals surface area contributed by atoms with E-state index in [9.17, 15) is 8.42 Å². The van der Waals surface area contributed by atoms with E-state index in [0.29, 0.717) is 18.5 Å². The molecule has 0 amide bonds. The Balaban J connectivity index is 1.87. The van der Waals surface area contributed by atoms with Crippen molar-refractivity contribution in [1.82, 2.24) is 4.72 Å². The van der Waals surface area contributed by atoms with E-state index in [1.54, 1.807) is 12.1 Å². The van der Waals surface area contributed by atoms with Crippen molar-refractivity contribution in [3.05, 3.63) is 60.2 Å². The summed E-state index contributed by atoms with van der Waals surface area (Å²) in [5, 5.41) is 8.84. The highest BCUT2D eigenvalue weighted by atomic mass is 32.2. The summed E-state index contributed by atoms with van der Waals surface area (Å²) in [6, 6.07) is 17.9. The minimum atomic E-state index is -3.58. The first kappa shape index (κ1) is 17.0. The first-order valence-corrected chi connectivity index (χ1v) is 8.77. The predicted octanol–water partition coefficient (Wildman–Crippen LogP) is 2.36. The van der Waals surface area contributed by atoms with Crippen LogP contribution in [0.1, 0.15) is 12.0 Å². The van der Waals surface area contributed by atoms with Crippen molar-refractivity contribution < 1.29 is 8.42 Å². The van der Waals surface area contributed by atoms with Crippen LogP contribution in [0, 0.1) is 11.3 Å². The maximum absolute atomic E-state index is 12.2. The van der Waals surface area contributed by atoms with Crippen LogP contribution in [-0.4, -0.2) is 28.6 Å². The van der Waals surface area contributed by atoms with Crippen molar-refractivity contribution in [3.8, 4) is 6.07 Å². The molecule has 23 heavy (non-hydrogen) atoms. The molecule has 0 aromatic heterocycles. The van der Waals surface area contributed by atoms with Gasteiger partial charge in [0, 0.05) is 25.8 Å². The van der Waals surface area contributed by atoms with E-state index in [4.69, 9.17) is 5.26 Å². The Hall–Kier alpha value is -2.36. The minimum Gasteiger partial charge on any atom is -0.375 e. The van der Waals surface area contributed by atoms with Crippen molar-refractivity contribution in [1.29, 1.82) is 5.26 Å². The molecule has 0 saturated carbocycles. The van der Waals surface area contributed by atoms with E-state index in [1.165, 1.54) is 12.1 Å². The molecule has 2 aromatic carbocycles. The number of hydrogen-bond donors (Lipinski definition) is 1. The van der Waals surface area contributed by atoms with Gasteiger partial charge in [-0.2, -0.15) is 5.26 Å². The SMILES string of the molecule is CN(CCCNS(=O)(=O)c1cccc(C#N)c1)c1ccccc1. The second kappa shape index (κ2) is 7.77.